The fraction of sp³-hybridized carbons (Fsp3) is 0.160. The lowest BCUT2D eigenvalue weighted by molar-refractivity contribution is -0.139. The molecule has 1 fully saturated rings. The summed E-state index contributed by atoms with van der Waals surface area (Å²) in [5, 5.41) is 15.0. The van der Waals surface area contributed by atoms with Crippen molar-refractivity contribution in [3.8, 4) is 5.75 Å². The van der Waals surface area contributed by atoms with E-state index in [4.69, 9.17) is 0 Å². The lowest BCUT2D eigenvalue weighted by atomic mass is 9.55. The molecule has 2 amide bonds. The van der Waals surface area contributed by atoms with Crippen LogP contribution in [0.2, 0.25) is 0 Å². The Kier molecular flexibility index (Phi) is 3.96. The number of benzene rings is 3. The third-order valence-corrected chi connectivity index (χ3v) is 7.35. The summed E-state index contributed by atoms with van der Waals surface area (Å²) < 4.78 is 0.521. The Labute approximate surface area is 187 Å². The summed E-state index contributed by atoms with van der Waals surface area (Å²) in [6, 6.07) is 21.2. The second kappa shape index (κ2) is 6.62. The van der Waals surface area contributed by atoms with Crippen molar-refractivity contribution in [1.29, 1.82) is 0 Å². The average molecular weight is 473 g/mol. The molecule has 0 unspecified atom stereocenters. The van der Waals surface area contributed by atoms with Crippen LogP contribution in [0.15, 0.2) is 76.3 Å². The molecule has 4 aliphatic rings. The Hall–Kier alpha value is -3.25. The molecule has 1 saturated heterocycles. The molecule has 0 saturated carbocycles. The van der Waals surface area contributed by atoms with Gasteiger partial charge in [-0.2, -0.15) is 10.1 Å². The fourth-order valence-electron chi connectivity index (χ4n) is 5.50. The van der Waals surface area contributed by atoms with Gasteiger partial charge in [0.15, 0.2) is 0 Å². The van der Waals surface area contributed by atoms with E-state index in [9.17, 15) is 14.7 Å². The zero-order valence-corrected chi connectivity index (χ0v) is 17.9. The van der Waals surface area contributed by atoms with Gasteiger partial charge >= 0.3 is 0 Å². The highest BCUT2D eigenvalue weighted by molar-refractivity contribution is 9.10. The van der Waals surface area contributed by atoms with Crippen molar-refractivity contribution >= 4 is 34.0 Å². The zero-order chi connectivity index (χ0) is 21.3. The van der Waals surface area contributed by atoms with Crippen molar-refractivity contribution in [2.24, 2.45) is 16.9 Å². The number of phenols is 1. The number of hydrazone groups is 1. The molecule has 31 heavy (non-hydrogen) atoms. The van der Waals surface area contributed by atoms with E-state index < -0.39 is 11.8 Å². The number of carbonyl (C=O) groups is 2. The molecular weight excluding hydrogens is 456 g/mol. The number of carbonyl (C=O) groups excluding carboxylic acids is 2. The molecule has 0 radical (unpaired) electrons. The molecule has 1 heterocycles. The molecule has 2 bridgehead atoms. The number of halogens is 1. The highest BCUT2D eigenvalue weighted by Gasteiger charge is 2.61. The van der Waals surface area contributed by atoms with Crippen LogP contribution in [-0.4, -0.2) is 28.1 Å². The van der Waals surface area contributed by atoms with Crippen LogP contribution in [0.1, 0.15) is 39.7 Å². The number of nitrogens with zero attached hydrogens (tertiary/aromatic N) is 2. The summed E-state index contributed by atoms with van der Waals surface area (Å²) in [6.45, 7) is 0. The van der Waals surface area contributed by atoms with E-state index in [0.717, 1.165) is 27.3 Å². The Morgan fingerprint density at radius 3 is 1.74 bits per heavy atom. The minimum absolute atomic E-state index is 0.114. The fourth-order valence-corrected chi connectivity index (χ4v) is 5.90. The number of imide groups is 1. The van der Waals surface area contributed by atoms with Gasteiger partial charge < -0.3 is 5.11 Å². The average Bonchev–Trinajstić information content (AvgIpc) is 3.05. The van der Waals surface area contributed by atoms with Crippen LogP contribution in [0.3, 0.4) is 0 Å². The topological polar surface area (TPSA) is 70.0 Å². The minimum Gasteiger partial charge on any atom is -0.507 e. The molecule has 152 valence electrons. The lowest BCUT2D eigenvalue weighted by Crippen LogP contribution is -2.41. The number of aromatic hydroxyl groups is 1. The Bertz CT molecular complexity index is 1190. The predicted octanol–water partition coefficient (Wildman–Crippen LogP) is 4.38. The molecule has 1 N–H and O–H groups in total. The van der Waals surface area contributed by atoms with Crippen LogP contribution in [0.4, 0.5) is 0 Å². The van der Waals surface area contributed by atoms with Gasteiger partial charge in [0.1, 0.15) is 5.75 Å². The summed E-state index contributed by atoms with van der Waals surface area (Å²) in [5.41, 5.74) is 5.24. The van der Waals surface area contributed by atoms with Gasteiger partial charge in [-0.1, -0.05) is 48.5 Å². The van der Waals surface area contributed by atoms with Crippen molar-refractivity contribution in [2.45, 2.75) is 11.8 Å². The van der Waals surface area contributed by atoms with E-state index in [1.165, 1.54) is 12.3 Å². The van der Waals surface area contributed by atoms with Gasteiger partial charge in [-0.05, 0) is 61.9 Å². The second-order valence-electron chi connectivity index (χ2n) is 8.21. The maximum absolute atomic E-state index is 13.4. The third-order valence-electron chi connectivity index (χ3n) is 6.72. The molecule has 0 aromatic heterocycles. The molecule has 3 aromatic rings. The largest absolute Gasteiger partial charge is 0.507 e. The van der Waals surface area contributed by atoms with E-state index in [1.807, 2.05) is 24.3 Å². The quantitative estimate of drug-likeness (QED) is 0.444. The van der Waals surface area contributed by atoms with Crippen molar-refractivity contribution in [2.75, 3.05) is 0 Å². The van der Waals surface area contributed by atoms with Crippen LogP contribution in [-0.2, 0) is 9.59 Å². The number of hydrogen-bond acceptors (Lipinski definition) is 4. The Balaban J connectivity index is 1.44. The summed E-state index contributed by atoms with van der Waals surface area (Å²) in [7, 11) is 0. The van der Waals surface area contributed by atoms with E-state index in [2.05, 4.69) is 45.3 Å². The first kappa shape index (κ1) is 18.5. The normalized spacial score (nSPS) is 25.6. The van der Waals surface area contributed by atoms with Crippen LogP contribution in [0.25, 0.3) is 0 Å². The van der Waals surface area contributed by atoms with Crippen LogP contribution < -0.4 is 0 Å². The van der Waals surface area contributed by atoms with Crippen molar-refractivity contribution < 1.29 is 14.7 Å². The molecule has 0 spiro atoms. The Morgan fingerprint density at radius 2 is 1.29 bits per heavy atom. The van der Waals surface area contributed by atoms with Crippen molar-refractivity contribution in [3.63, 3.8) is 0 Å². The van der Waals surface area contributed by atoms with Crippen LogP contribution in [0, 0.1) is 11.8 Å². The van der Waals surface area contributed by atoms with E-state index in [0.29, 0.717) is 10.0 Å². The van der Waals surface area contributed by atoms with E-state index >= 15 is 0 Å². The van der Waals surface area contributed by atoms with Crippen LogP contribution in [0.5, 0.6) is 5.75 Å². The highest BCUT2D eigenvalue weighted by atomic mass is 79.9. The third kappa shape index (κ3) is 2.51. The van der Waals surface area contributed by atoms with Gasteiger partial charge in [-0.15, -0.1) is 0 Å². The number of amides is 2. The maximum atomic E-state index is 13.4. The number of phenolic OH excluding ortho intramolecular Hbond substituents is 1. The monoisotopic (exact) mass is 472 g/mol. The SMILES string of the molecule is O=C1[C@H]2C3c4ccccc4C(c4ccccc43)[C@@H]2C(=O)N1/N=C\c1ccc(O)c(Br)c1. The van der Waals surface area contributed by atoms with Gasteiger partial charge in [0, 0.05) is 11.8 Å². The molecule has 3 aromatic carbocycles. The molecule has 1 aliphatic heterocycles. The summed E-state index contributed by atoms with van der Waals surface area (Å²) >= 11 is 3.27. The van der Waals surface area contributed by atoms with Gasteiger partial charge in [0.25, 0.3) is 11.8 Å². The molecular formula is C25H17BrN2O3. The van der Waals surface area contributed by atoms with Crippen molar-refractivity contribution in [1.82, 2.24) is 5.01 Å². The van der Waals surface area contributed by atoms with Crippen LogP contribution >= 0.6 is 15.9 Å². The summed E-state index contributed by atoms with van der Waals surface area (Å²) in [4.78, 5) is 26.9. The van der Waals surface area contributed by atoms with E-state index in [-0.39, 0.29) is 29.4 Å². The summed E-state index contributed by atoms with van der Waals surface area (Å²) in [6.07, 6.45) is 1.49. The Morgan fingerprint density at radius 1 is 0.806 bits per heavy atom. The predicted molar refractivity (Wildman–Crippen MR) is 119 cm³/mol. The first-order valence-electron chi connectivity index (χ1n) is 10.1. The van der Waals surface area contributed by atoms with Crippen molar-refractivity contribution in [3.05, 3.63) is 99.0 Å². The standard InChI is InChI=1S/C25H17BrN2O3/c26-18-11-13(9-10-19(18)29)12-27-28-24(30)22-20-14-5-1-2-6-15(14)21(23(22)25(28)31)17-8-4-3-7-16(17)20/h1-12,20-23,29H/b27-12-/t20?,21?,22-,23-/m0/s1. The van der Waals surface area contributed by atoms with E-state index in [1.54, 1.807) is 12.1 Å². The van der Waals surface area contributed by atoms with Gasteiger partial charge in [0.2, 0.25) is 0 Å². The van der Waals surface area contributed by atoms with Gasteiger partial charge in [-0.3, -0.25) is 9.59 Å². The highest BCUT2D eigenvalue weighted by Crippen LogP contribution is 2.60. The lowest BCUT2D eigenvalue weighted by Gasteiger charge is -2.45. The zero-order valence-electron chi connectivity index (χ0n) is 16.3. The number of rotatable bonds is 2. The smallest absolute Gasteiger partial charge is 0.254 e. The maximum Gasteiger partial charge on any atom is 0.254 e. The first-order valence-corrected chi connectivity index (χ1v) is 10.9. The summed E-state index contributed by atoms with van der Waals surface area (Å²) in [5.74, 6) is -1.53. The molecule has 7 rings (SSSR count). The molecule has 5 nitrogen and oxygen atoms in total. The first-order chi connectivity index (χ1) is 15.1. The molecule has 2 atom stereocenters. The molecule has 3 aliphatic carbocycles. The van der Waals surface area contributed by atoms with Gasteiger partial charge in [-0.25, -0.2) is 0 Å². The minimum atomic E-state index is -0.439. The molecule has 6 heteroatoms. The number of hydrogen-bond donors (Lipinski definition) is 1. The second-order valence-corrected chi connectivity index (χ2v) is 9.06. The van der Waals surface area contributed by atoms with Gasteiger partial charge in [0.05, 0.1) is 22.5 Å².